The first-order chi connectivity index (χ1) is 14.4. The van der Waals surface area contributed by atoms with E-state index in [0.717, 1.165) is 6.07 Å². The molecule has 3 rings (SSSR count). The van der Waals surface area contributed by atoms with Crippen LogP contribution in [0.4, 0.5) is 5.69 Å². The molecule has 2 aromatic carbocycles. The zero-order valence-electron chi connectivity index (χ0n) is 16.8. The van der Waals surface area contributed by atoms with Crippen LogP contribution in [0.15, 0.2) is 80.0 Å². The molecule has 0 aliphatic heterocycles. The van der Waals surface area contributed by atoms with E-state index in [-0.39, 0.29) is 57.9 Å². The fourth-order valence-corrected chi connectivity index (χ4v) is 6.36. The summed E-state index contributed by atoms with van der Waals surface area (Å²) in [6.07, 6.45) is 1.36. The molecule has 166 valence electrons. The number of benzene rings is 2. The molecule has 0 fully saturated rings. The van der Waals surface area contributed by atoms with Gasteiger partial charge in [-0.1, -0.05) is 30.3 Å². The second-order valence-corrected chi connectivity index (χ2v) is 11.3. The van der Waals surface area contributed by atoms with Crippen molar-refractivity contribution in [3.63, 3.8) is 0 Å². The molecule has 0 aliphatic carbocycles. The smallest absolute Gasteiger partial charge is 0.744 e. The minimum atomic E-state index is -5.19. The predicted octanol–water partition coefficient (Wildman–Crippen LogP) is -1.58. The van der Waals surface area contributed by atoms with Crippen LogP contribution in [0, 0.1) is 0 Å². The Kier molecular flexibility index (Phi) is 8.88. The second kappa shape index (κ2) is 10.5. The number of furan rings is 1. The minimum absolute atomic E-state index is 0. The van der Waals surface area contributed by atoms with Crippen molar-refractivity contribution in [2.75, 3.05) is 5.32 Å². The second-order valence-electron chi connectivity index (χ2n) is 6.47. The van der Waals surface area contributed by atoms with Gasteiger partial charge in [0.25, 0.3) is 0 Å². The van der Waals surface area contributed by atoms with E-state index in [0.29, 0.717) is 17.4 Å². The molecule has 0 atom stereocenters. The maximum atomic E-state index is 13.0. The minimum Gasteiger partial charge on any atom is -0.744 e. The molecule has 1 aromatic heterocycles. The molecule has 3 N–H and O–H groups in total. The summed E-state index contributed by atoms with van der Waals surface area (Å²) in [5.41, 5.74) is -0.0288. The van der Waals surface area contributed by atoms with Gasteiger partial charge in [-0.05, 0) is 29.8 Å². The number of anilines is 1. The summed E-state index contributed by atoms with van der Waals surface area (Å²) in [6, 6.07) is 12.3. The number of sulfonamides is 1. The van der Waals surface area contributed by atoms with E-state index in [1.807, 2.05) is 0 Å². The Labute approximate surface area is 228 Å². The van der Waals surface area contributed by atoms with Gasteiger partial charge in [-0.2, -0.15) is 0 Å². The van der Waals surface area contributed by atoms with Gasteiger partial charge in [0, 0.05) is 0 Å². The first kappa shape index (κ1) is 27.2. The Morgan fingerprint density at radius 2 is 1.53 bits per heavy atom. The van der Waals surface area contributed by atoms with Crippen LogP contribution in [0.1, 0.15) is 11.3 Å². The topological polar surface area (TPSA) is 177 Å². The number of hydrogen-bond acceptors (Lipinski definition) is 9. The fourth-order valence-electron chi connectivity index (χ4n) is 2.82. The molecule has 0 aliphatic rings. The van der Waals surface area contributed by atoms with Gasteiger partial charge in [-0.25, -0.2) is 30.4 Å². The third-order valence-electron chi connectivity index (χ3n) is 4.19. The van der Waals surface area contributed by atoms with Gasteiger partial charge >= 0.3 is 51.4 Å². The van der Waals surface area contributed by atoms with E-state index in [1.165, 1.54) is 18.4 Å². The van der Waals surface area contributed by atoms with Crippen molar-refractivity contribution in [3.8, 4) is 0 Å². The number of primary sulfonamides is 1. The Hall–Kier alpha value is -1.07. The van der Waals surface area contributed by atoms with Crippen molar-refractivity contribution in [3.05, 3.63) is 72.2 Å². The third-order valence-corrected chi connectivity index (χ3v) is 7.87. The molecule has 0 bridgehead atoms. The number of nitrogens with two attached hydrogens (primary N) is 1. The molecule has 0 amide bonds. The predicted molar refractivity (Wildman–Crippen MR) is 109 cm³/mol. The van der Waals surface area contributed by atoms with Gasteiger partial charge in [0.2, 0.25) is 10.0 Å². The van der Waals surface area contributed by atoms with E-state index in [2.05, 4.69) is 5.32 Å². The van der Waals surface area contributed by atoms with E-state index >= 15 is 0 Å². The van der Waals surface area contributed by atoms with Crippen molar-refractivity contribution >= 4 is 35.7 Å². The molecule has 0 unspecified atom stereocenters. The molecular formula is C18H17KN2O8S3. The molecule has 0 spiro atoms. The van der Waals surface area contributed by atoms with Crippen LogP contribution in [-0.2, 0) is 42.3 Å². The number of sulfone groups is 1. The average molecular weight is 525 g/mol. The van der Waals surface area contributed by atoms with E-state index in [9.17, 15) is 29.8 Å². The van der Waals surface area contributed by atoms with E-state index < -0.39 is 56.1 Å². The summed E-state index contributed by atoms with van der Waals surface area (Å²) in [6.45, 7) is -0.0948. The summed E-state index contributed by atoms with van der Waals surface area (Å²) >= 11 is 0. The van der Waals surface area contributed by atoms with Crippen LogP contribution in [0.3, 0.4) is 0 Å². The maximum absolute atomic E-state index is 13.0. The normalized spacial score (nSPS) is 12.2. The summed E-state index contributed by atoms with van der Waals surface area (Å²) in [4.78, 5) is -2.67. The molecule has 0 saturated heterocycles. The van der Waals surface area contributed by atoms with Gasteiger partial charge in [0.05, 0.1) is 34.0 Å². The Balaban J connectivity index is 0.00000363. The molecule has 32 heavy (non-hydrogen) atoms. The molecule has 14 heteroatoms. The standard InChI is InChI=1S/C18H18N2O8S3.K/c19-30(23,24)18-10-16(31(25,26)27)15(20-11-14-7-4-8-28-14)9-17(18)29(21,22)12-13-5-2-1-3-6-13;/h1-10,20H,11-12H2,(H2,19,23,24)(H,25,26,27);/q;+1/p-1. The van der Waals surface area contributed by atoms with Gasteiger partial charge in [-0.3, -0.25) is 0 Å². The molecule has 0 radical (unpaired) electrons. The van der Waals surface area contributed by atoms with Crippen LogP contribution in [-0.4, -0.2) is 29.8 Å². The SMILES string of the molecule is NS(=O)(=O)c1cc(S(=O)(=O)[O-])c(NCc2ccco2)cc1S(=O)(=O)Cc1ccccc1.[K+]. The molecule has 10 nitrogen and oxygen atoms in total. The molecular weight excluding hydrogens is 508 g/mol. The monoisotopic (exact) mass is 524 g/mol. The van der Waals surface area contributed by atoms with E-state index in [4.69, 9.17) is 9.56 Å². The fraction of sp³-hybridized carbons (Fsp3) is 0.111. The van der Waals surface area contributed by atoms with Crippen molar-refractivity contribution in [1.82, 2.24) is 0 Å². The van der Waals surface area contributed by atoms with Gasteiger partial charge in [-0.15, -0.1) is 0 Å². The zero-order chi connectivity index (χ0) is 22.9. The van der Waals surface area contributed by atoms with Crippen LogP contribution in [0.2, 0.25) is 0 Å². The van der Waals surface area contributed by atoms with Crippen molar-refractivity contribution in [2.45, 2.75) is 27.0 Å². The molecule has 3 aromatic rings. The van der Waals surface area contributed by atoms with Gasteiger partial charge < -0.3 is 14.3 Å². The zero-order valence-corrected chi connectivity index (χ0v) is 22.3. The third kappa shape index (κ3) is 6.72. The average Bonchev–Trinajstić information content (AvgIpc) is 3.18. The first-order valence-corrected chi connectivity index (χ1v) is 13.2. The Morgan fingerprint density at radius 1 is 0.875 bits per heavy atom. The number of rotatable bonds is 8. The molecule has 1 heterocycles. The Morgan fingerprint density at radius 3 is 2.06 bits per heavy atom. The Bertz CT molecular complexity index is 1400. The van der Waals surface area contributed by atoms with E-state index in [1.54, 1.807) is 30.3 Å². The van der Waals surface area contributed by atoms with Crippen LogP contribution < -0.4 is 61.8 Å². The first-order valence-electron chi connectivity index (χ1n) is 8.57. The molecule has 0 saturated carbocycles. The summed E-state index contributed by atoms with van der Waals surface area (Å²) in [5, 5.41) is 7.74. The van der Waals surface area contributed by atoms with Crippen LogP contribution in [0.25, 0.3) is 0 Å². The van der Waals surface area contributed by atoms with Crippen molar-refractivity contribution < 1.29 is 85.6 Å². The van der Waals surface area contributed by atoms with Crippen LogP contribution >= 0.6 is 0 Å². The van der Waals surface area contributed by atoms with Gasteiger partial charge in [0.1, 0.15) is 20.8 Å². The quantitative estimate of drug-likeness (QED) is 0.260. The van der Waals surface area contributed by atoms with Crippen molar-refractivity contribution in [2.24, 2.45) is 5.14 Å². The number of hydrogen-bond donors (Lipinski definition) is 2. The summed E-state index contributed by atoms with van der Waals surface area (Å²) in [5.74, 6) is -0.212. The van der Waals surface area contributed by atoms with Crippen LogP contribution in [0.5, 0.6) is 0 Å². The van der Waals surface area contributed by atoms with Gasteiger partial charge in [0.15, 0.2) is 9.84 Å². The number of nitrogens with one attached hydrogen (secondary N) is 1. The van der Waals surface area contributed by atoms with Crippen molar-refractivity contribution in [1.29, 1.82) is 0 Å². The largest absolute Gasteiger partial charge is 1.00 e. The summed E-state index contributed by atoms with van der Waals surface area (Å²) in [7, 11) is -14.2. The summed E-state index contributed by atoms with van der Waals surface area (Å²) < 4.78 is 90.5. The maximum Gasteiger partial charge on any atom is 1.00 e.